The number of fused-ring (bicyclic) bond motifs is 1. The van der Waals surface area contributed by atoms with Gasteiger partial charge in [0.25, 0.3) is 5.56 Å². The lowest BCUT2D eigenvalue weighted by Crippen LogP contribution is -2.49. The van der Waals surface area contributed by atoms with Gasteiger partial charge in [-0.2, -0.15) is 4.98 Å². The van der Waals surface area contributed by atoms with Crippen molar-refractivity contribution in [1.82, 2.24) is 24.3 Å². The van der Waals surface area contributed by atoms with Gasteiger partial charge in [0.15, 0.2) is 0 Å². The number of piperazine rings is 1. The quantitative estimate of drug-likeness (QED) is 0.486. The van der Waals surface area contributed by atoms with Crippen molar-refractivity contribution in [1.29, 1.82) is 0 Å². The number of likely N-dealkylation sites (tertiary alicyclic amines) is 1. The molecule has 2 aliphatic rings. The van der Waals surface area contributed by atoms with Crippen LogP contribution < -0.4 is 15.8 Å². The van der Waals surface area contributed by atoms with Crippen LogP contribution in [0, 0.1) is 5.92 Å². The first-order valence-electron chi connectivity index (χ1n) is 12.2. The zero-order chi connectivity index (χ0) is 25.2. The van der Waals surface area contributed by atoms with Gasteiger partial charge in [-0.15, -0.1) is 0 Å². The summed E-state index contributed by atoms with van der Waals surface area (Å²) in [6, 6.07) is 8.72. The topological polar surface area (TPSA) is 107 Å². The highest BCUT2D eigenvalue weighted by Crippen LogP contribution is 2.31. The number of aryl methyl sites for hydroxylation is 1. The lowest BCUT2D eigenvalue weighted by Gasteiger charge is -2.38. The molecule has 1 aromatic carbocycles. The molecule has 1 amide bonds. The standard InChI is InChI=1S/C26H31N7O3/c1-3-23(35)32-16-18(17-32)8-9-33-24(36)7-4-19-15-27-26(29-25(19)33)28-20-5-6-21(22(34)14-20)31-12-10-30(2)11-13-31/h3-7,14-15,18,34H,1,8-13,16-17H2,2H3,(H,27,28,29). The van der Waals surface area contributed by atoms with Crippen LogP contribution in [0.4, 0.5) is 17.3 Å². The predicted octanol–water partition coefficient (Wildman–Crippen LogP) is 2.03. The Balaban J connectivity index is 1.30. The van der Waals surface area contributed by atoms with Crippen molar-refractivity contribution in [2.75, 3.05) is 56.5 Å². The van der Waals surface area contributed by atoms with E-state index in [0.29, 0.717) is 42.8 Å². The number of pyridine rings is 1. The highest BCUT2D eigenvalue weighted by Gasteiger charge is 2.29. The maximum atomic E-state index is 12.7. The first-order chi connectivity index (χ1) is 17.4. The molecule has 0 spiro atoms. The zero-order valence-corrected chi connectivity index (χ0v) is 20.4. The van der Waals surface area contributed by atoms with Crippen LogP contribution in [0.5, 0.6) is 5.75 Å². The Morgan fingerprint density at radius 1 is 1.19 bits per heavy atom. The van der Waals surface area contributed by atoms with Gasteiger partial charge in [0.05, 0.1) is 5.69 Å². The summed E-state index contributed by atoms with van der Waals surface area (Å²) in [7, 11) is 2.10. The van der Waals surface area contributed by atoms with Crippen molar-refractivity contribution in [3.63, 3.8) is 0 Å². The molecule has 0 radical (unpaired) electrons. The maximum Gasteiger partial charge on any atom is 0.252 e. The molecule has 5 rings (SSSR count). The normalized spacial score (nSPS) is 16.7. The molecule has 0 bridgehead atoms. The molecule has 2 N–H and O–H groups in total. The van der Waals surface area contributed by atoms with E-state index in [2.05, 4.69) is 38.7 Å². The van der Waals surface area contributed by atoms with E-state index in [-0.39, 0.29) is 17.2 Å². The first kappa shape index (κ1) is 23.8. The number of hydrogen-bond donors (Lipinski definition) is 2. The Morgan fingerprint density at radius 2 is 1.97 bits per heavy atom. The molecule has 0 saturated carbocycles. The van der Waals surface area contributed by atoms with Crippen molar-refractivity contribution in [2.24, 2.45) is 5.92 Å². The largest absolute Gasteiger partial charge is 0.506 e. The van der Waals surface area contributed by atoms with E-state index in [1.54, 1.807) is 27.8 Å². The lowest BCUT2D eigenvalue weighted by molar-refractivity contribution is -0.132. The van der Waals surface area contributed by atoms with Crippen molar-refractivity contribution in [3.05, 3.63) is 59.5 Å². The van der Waals surface area contributed by atoms with E-state index in [1.807, 2.05) is 12.1 Å². The van der Waals surface area contributed by atoms with Crippen LogP contribution in [0.25, 0.3) is 11.0 Å². The number of phenolic OH excluding ortho intramolecular Hbond substituents is 1. The number of phenols is 1. The molecule has 0 atom stereocenters. The summed E-state index contributed by atoms with van der Waals surface area (Å²) in [5, 5.41) is 14.6. The number of carbonyl (C=O) groups is 1. The molecule has 2 saturated heterocycles. The Labute approximate surface area is 209 Å². The SMILES string of the molecule is C=CC(=O)N1CC(CCn2c(=O)ccc3cnc(Nc4ccc(N5CCN(C)CC5)c(O)c4)nc32)C1. The number of nitrogens with zero attached hydrogens (tertiary/aromatic N) is 6. The molecular formula is C26H31N7O3. The second-order valence-electron chi connectivity index (χ2n) is 9.52. The van der Waals surface area contributed by atoms with Crippen LogP contribution in [-0.4, -0.2) is 81.7 Å². The maximum absolute atomic E-state index is 12.7. The van der Waals surface area contributed by atoms with Crippen molar-refractivity contribution >= 4 is 34.3 Å². The number of hydrogen-bond acceptors (Lipinski definition) is 8. The molecule has 4 heterocycles. The lowest BCUT2D eigenvalue weighted by atomic mass is 9.96. The molecule has 188 valence electrons. The van der Waals surface area contributed by atoms with Gasteiger partial charge in [-0.3, -0.25) is 14.2 Å². The first-order valence-corrected chi connectivity index (χ1v) is 12.2. The summed E-state index contributed by atoms with van der Waals surface area (Å²) in [6.07, 6.45) is 3.79. The van der Waals surface area contributed by atoms with Gasteiger partial charge >= 0.3 is 0 Å². The van der Waals surface area contributed by atoms with Gasteiger partial charge in [-0.1, -0.05) is 6.58 Å². The second kappa shape index (κ2) is 9.98. The molecule has 36 heavy (non-hydrogen) atoms. The van der Waals surface area contributed by atoms with Crippen LogP contribution in [0.3, 0.4) is 0 Å². The fourth-order valence-electron chi connectivity index (χ4n) is 4.77. The van der Waals surface area contributed by atoms with Gasteiger partial charge in [0.1, 0.15) is 11.4 Å². The van der Waals surface area contributed by atoms with E-state index in [9.17, 15) is 14.7 Å². The molecule has 10 nitrogen and oxygen atoms in total. The molecule has 0 aliphatic carbocycles. The summed E-state index contributed by atoms with van der Waals surface area (Å²) in [4.78, 5) is 39.5. The summed E-state index contributed by atoms with van der Waals surface area (Å²) in [5.74, 6) is 0.837. The van der Waals surface area contributed by atoms with Gasteiger partial charge in [0.2, 0.25) is 11.9 Å². The number of likely N-dealkylation sites (N-methyl/N-ethyl adjacent to an activating group) is 1. The summed E-state index contributed by atoms with van der Waals surface area (Å²) in [5.41, 5.74) is 1.90. The van der Waals surface area contributed by atoms with Gasteiger partial charge in [0, 0.05) is 75.2 Å². The molecule has 2 fully saturated rings. The van der Waals surface area contributed by atoms with Crippen LogP contribution >= 0.6 is 0 Å². The average Bonchev–Trinajstić information content (AvgIpc) is 2.85. The number of nitrogens with one attached hydrogen (secondary N) is 1. The third-order valence-corrected chi connectivity index (χ3v) is 7.00. The van der Waals surface area contributed by atoms with Crippen LogP contribution in [0.15, 0.2) is 54.0 Å². The summed E-state index contributed by atoms with van der Waals surface area (Å²) >= 11 is 0. The van der Waals surface area contributed by atoms with Crippen molar-refractivity contribution in [3.8, 4) is 5.75 Å². The summed E-state index contributed by atoms with van der Waals surface area (Å²) < 4.78 is 1.66. The van der Waals surface area contributed by atoms with Crippen LogP contribution in [0.2, 0.25) is 0 Å². The highest BCUT2D eigenvalue weighted by atomic mass is 16.3. The van der Waals surface area contributed by atoms with Gasteiger partial charge in [-0.05, 0) is 43.7 Å². The van der Waals surface area contributed by atoms with Gasteiger partial charge in [-0.25, -0.2) is 4.98 Å². The third-order valence-electron chi connectivity index (χ3n) is 7.00. The molecule has 10 heteroatoms. The predicted molar refractivity (Wildman–Crippen MR) is 140 cm³/mol. The fraction of sp³-hybridized carbons (Fsp3) is 0.385. The number of aromatic hydroxyl groups is 1. The fourth-order valence-corrected chi connectivity index (χ4v) is 4.77. The van der Waals surface area contributed by atoms with Crippen LogP contribution in [-0.2, 0) is 11.3 Å². The number of amides is 1. The van der Waals surface area contributed by atoms with E-state index < -0.39 is 0 Å². The van der Waals surface area contributed by atoms with E-state index in [1.165, 1.54) is 12.1 Å². The third kappa shape index (κ3) is 4.90. The number of benzene rings is 1. The highest BCUT2D eigenvalue weighted by molar-refractivity contribution is 5.87. The molecule has 3 aromatic rings. The van der Waals surface area contributed by atoms with Gasteiger partial charge < -0.3 is 25.1 Å². The minimum atomic E-state index is -0.125. The number of anilines is 3. The Hall–Kier alpha value is -3.92. The minimum Gasteiger partial charge on any atom is -0.506 e. The van der Waals surface area contributed by atoms with E-state index in [0.717, 1.165) is 43.7 Å². The van der Waals surface area contributed by atoms with Crippen molar-refractivity contribution < 1.29 is 9.90 Å². The Morgan fingerprint density at radius 3 is 2.69 bits per heavy atom. The smallest absolute Gasteiger partial charge is 0.252 e. The molecule has 2 aromatic heterocycles. The Kier molecular flexibility index (Phi) is 6.60. The number of carbonyl (C=O) groups excluding carboxylic acids is 1. The second-order valence-corrected chi connectivity index (χ2v) is 9.52. The van der Waals surface area contributed by atoms with Crippen molar-refractivity contribution in [2.45, 2.75) is 13.0 Å². The van der Waals surface area contributed by atoms with E-state index in [4.69, 9.17) is 0 Å². The van der Waals surface area contributed by atoms with Crippen LogP contribution in [0.1, 0.15) is 6.42 Å². The average molecular weight is 490 g/mol. The Bertz CT molecular complexity index is 1340. The monoisotopic (exact) mass is 489 g/mol. The number of aromatic nitrogens is 3. The van der Waals surface area contributed by atoms with E-state index >= 15 is 0 Å². The molecule has 0 unspecified atom stereocenters. The summed E-state index contributed by atoms with van der Waals surface area (Å²) in [6.45, 7) is 9.04. The minimum absolute atomic E-state index is 0.0559. The number of rotatable bonds is 7. The zero-order valence-electron chi connectivity index (χ0n) is 20.4. The molecular weight excluding hydrogens is 458 g/mol. The molecule has 2 aliphatic heterocycles.